The van der Waals surface area contributed by atoms with Crippen LogP contribution in [0.5, 0.6) is 0 Å². The Morgan fingerprint density at radius 3 is 2.77 bits per heavy atom. The molecule has 0 aromatic heterocycles. The summed E-state index contributed by atoms with van der Waals surface area (Å²) >= 11 is 0. The van der Waals surface area contributed by atoms with E-state index in [2.05, 4.69) is 0 Å². The first kappa shape index (κ1) is 10.0. The van der Waals surface area contributed by atoms with Crippen LogP contribution in [0.2, 0.25) is 0 Å². The average Bonchev–Trinajstić information content (AvgIpc) is 2.46. The van der Waals surface area contributed by atoms with Crippen molar-refractivity contribution in [2.24, 2.45) is 5.92 Å². The molecule has 1 amide bonds. The van der Waals surface area contributed by atoms with Crippen molar-refractivity contribution < 1.29 is 14.7 Å². The van der Waals surface area contributed by atoms with E-state index in [0.29, 0.717) is 6.54 Å². The number of carbonyl (C=O) groups is 2. The van der Waals surface area contributed by atoms with E-state index in [9.17, 15) is 14.7 Å². The van der Waals surface area contributed by atoms with E-state index >= 15 is 0 Å². The zero-order valence-electron chi connectivity index (χ0n) is 7.95. The number of hydrogen-bond acceptors (Lipinski definition) is 3. The van der Waals surface area contributed by atoms with Crippen LogP contribution in [-0.2, 0) is 9.59 Å². The van der Waals surface area contributed by atoms with Crippen molar-refractivity contribution in [1.29, 1.82) is 0 Å². The second-order valence-corrected chi connectivity index (χ2v) is 3.52. The molecule has 0 bridgehead atoms. The molecule has 0 saturated carbocycles. The SMILES string of the molecule is CC[C@H](C)N1C[C@H](C(=O)[O-])CC1=O. The average molecular weight is 184 g/mol. The van der Waals surface area contributed by atoms with Crippen LogP contribution in [0.3, 0.4) is 0 Å². The molecule has 1 saturated heterocycles. The molecule has 2 atom stereocenters. The van der Waals surface area contributed by atoms with Gasteiger partial charge in [-0.05, 0) is 13.3 Å². The lowest BCUT2D eigenvalue weighted by atomic mass is 10.1. The number of nitrogens with zero attached hydrogens (tertiary/aromatic N) is 1. The lowest BCUT2D eigenvalue weighted by Gasteiger charge is -2.23. The molecule has 1 fully saturated rings. The molecule has 1 aliphatic rings. The predicted molar refractivity (Wildman–Crippen MR) is 44.6 cm³/mol. The second-order valence-electron chi connectivity index (χ2n) is 3.52. The Morgan fingerprint density at radius 1 is 1.77 bits per heavy atom. The molecule has 13 heavy (non-hydrogen) atoms. The number of carboxylic acids is 1. The number of carbonyl (C=O) groups excluding carboxylic acids is 2. The number of likely N-dealkylation sites (tertiary alicyclic amines) is 1. The van der Waals surface area contributed by atoms with Gasteiger partial charge in [-0.3, -0.25) is 4.79 Å². The number of aliphatic carboxylic acids is 1. The molecule has 0 unspecified atom stereocenters. The van der Waals surface area contributed by atoms with Crippen molar-refractivity contribution >= 4 is 11.9 Å². The first-order valence-corrected chi connectivity index (χ1v) is 4.56. The first-order chi connectivity index (χ1) is 6.06. The van der Waals surface area contributed by atoms with Crippen LogP contribution >= 0.6 is 0 Å². The van der Waals surface area contributed by atoms with Crippen LogP contribution in [0.4, 0.5) is 0 Å². The van der Waals surface area contributed by atoms with Crippen LogP contribution in [0.25, 0.3) is 0 Å². The molecule has 0 spiro atoms. The molecule has 1 heterocycles. The van der Waals surface area contributed by atoms with Gasteiger partial charge in [0.2, 0.25) is 5.91 Å². The Labute approximate surface area is 77.5 Å². The van der Waals surface area contributed by atoms with Gasteiger partial charge in [0, 0.05) is 30.9 Å². The summed E-state index contributed by atoms with van der Waals surface area (Å²) < 4.78 is 0. The van der Waals surface area contributed by atoms with E-state index in [0.717, 1.165) is 6.42 Å². The predicted octanol–water partition coefficient (Wildman–Crippen LogP) is -0.617. The van der Waals surface area contributed by atoms with E-state index in [1.165, 1.54) is 0 Å². The summed E-state index contributed by atoms with van der Waals surface area (Å²) in [5.41, 5.74) is 0. The molecule has 4 heteroatoms. The van der Waals surface area contributed by atoms with Gasteiger partial charge in [-0.25, -0.2) is 0 Å². The van der Waals surface area contributed by atoms with E-state index in [-0.39, 0.29) is 18.4 Å². The van der Waals surface area contributed by atoms with E-state index in [4.69, 9.17) is 0 Å². The van der Waals surface area contributed by atoms with Crippen LogP contribution < -0.4 is 5.11 Å². The van der Waals surface area contributed by atoms with Crippen molar-refractivity contribution in [3.8, 4) is 0 Å². The third-order valence-corrected chi connectivity index (χ3v) is 2.61. The van der Waals surface area contributed by atoms with Gasteiger partial charge in [-0.1, -0.05) is 6.92 Å². The highest BCUT2D eigenvalue weighted by molar-refractivity contribution is 5.85. The van der Waals surface area contributed by atoms with E-state index in [1.54, 1.807) is 4.90 Å². The van der Waals surface area contributed by atoms with Gasteiger partial charge in [0.25, 0.3) is 0 Å². The van der Waals surface area contributed by atoms with Crippen molar-refractivity contribution in [2.75, 3.05) is 6.54 Å². The number of rotatable bonds is 3. The van der Waals surface area contributed by atoms with Crippen molar-refractivity contribution in [3.63, 3.8) is 0 Å². The van der Waals surface area contributed by atoms with E-state index in [1.807, 2.05) is 13.8 Å². The summed E-state index contributed by atoms with van der Waals surface area (Å²) in [7, 11) is 0. The molecule has 0 aliphatic carbocycles. The minimum Gasteiger partial charge on any atom is -0.550 e. The molecule has 0 aromatic carbocycles. The van der Waals surface area contributed by atoms with Gasteiger partial charge < -0.3 is 14.8 Å². The Hall–Kier alpha value is -1.06. The Bertz CT molecular complexity index is 227. The Balaban J connectivity index is 2.61. The van der Waals surface area contributed by atoms with Crippen LogP contribution in [-0.4, -0.2) is 29.4 Å². The third-order valence-electron chi connectivity index (χ3n) is 2.61. The largest absolute Gasteiger partial charge is 0.550 e. The zero-order chi connectivity index (χ0) is 10.0. The minimum atomic E-state index is -1.11. The quantitative estimate of drug-likeness (QED) is 0.587. The van der Waals surface area contributed by atoms with Gasteiger partial charge in [0.1, 0.15) is 0 Å². The smallest absolute Gasteiger partial charge is 0.223 e. The summed E-state index contributed by atoms with van der Waals surface area (Å²) in [4.78, 5) is 23.5. The van der Waals surface area contributed by atoms with Gasteiger partial charge in [-0.2, -0.15) is 0 Å². The standard InChI is InChI=1S/C9H15NO3/c1-3-6(2)10-5-7(9(12)13)4-8(10)11/h6-7H,3-5H2,1-2H3,(H,12,13)/p-1/t6-,7+/m0/s1. The second kappa shape index (κ2) is 3.77. The fourth-order valence-corrected chi connectivity index (χ4v) is 1.54. The zero-order valence-corrected chi connectivity index (χ0v) is 7.95. The molecule has 1 rings (SSSR count). The molecular weight excluding hydrogens is 170 g/mol. The van der Waals surface area contributed by atoms with Crippen LogP contribution in [0, 0.1) is 5.92 Å². The van der Waals surface area contributed by atoms with Crippen molar-refractivity contribution in [1.82, 2.24) is 4.90 Å². The molecule has 0 aromatic rings. The van der Waals surface area contributed by atoms with Gasteiger partial charge in [0.05, 0.1) is 0 Å². The highest BCUT2D eigenvalue weighted by Gasteiger charge is 2.32. The lowest BCUT2D eigenvalue weighted by Crippen LogP contribution is -2.37. The molecule has 1 aliphatic heterocycles. The topological polar surface area (TPSA) is 60.4 Å². The summed E-state index contributed by atoms with van der Waals surface area (Å²) in [6.07, 6.45) is 0.957. The number of hydrogen-bond donors (Lipinski definition) is 0. The number of carboxylic acid groups (broad SMARTS) is 1. The highest BCUT2D eigenvalue weighted by atomic mass is 16.4. The highest BCUT2D eigenvalue weighted by Crippen LogP contribution is 2.20. The molecule has 0 radical (unpaired) electrons. The summed E-state index contributed by atoms with van der Waals surface area (Å²) in [5.74, 6) is -1.79. The van der Waals surface area contributed by atoms with Crippen molar-refractivity contribution in [2.45, 2.75) is 32.7 Å². The normalized spacial score (nSPS) is 24.9. The van der Waals surface area contributed by atoms with Gasteiger partial charge >= 0.3 is 0 Å². The van der Waals surface area contributed by atoms with Crippen molar-refractivity contribution in [3.05, 3.63) is 0 Å². The summed E-state index contributed by atoms with van der Waals surface area (Å²) in [6, 6.07) is 0.136. The maximum Gasteiger partial charge on any atom is 0.223 e. The van der Waals surface area contributed by atoms with Crippen LogP contribution in [0.15, 0.2) is 0 Å². The fourth-order valence-electron chi connectivity index (χ4n) is 1.54. The van der Waals surface area contributed by atoms with Gasteiger partial charge in [0.15, 0.2) is 0 Å². The fraction of sp³-hybridized carbons (Fsp3) is 0.778. The van der Waals surface area contributed by atoms with Gasteiger partial charge in [-0.15, -0.1) is 0 Å². The first-order valence-electron chi connectivity index (χ1n) is 4.56. The minimum absolute atomic E-state index is 0.0662. The van der Waals surface area contributed by atoms with Crippen LogP contribution in [0.1, 0.15) is 26.7 Å². The summed E-state index contributed by atoms with van der Waals surface area (Å²) in [5, 5.41) is 10.5. The monoisotopic (exact) mass is 184 g/mol. The number of amides is 1. The maximum atomic E-state index is 11.3. The lowest BCUT2D eigenvalue weighted by molar-refractivity contribution is -0.311. The van der Waals surface area contributed by atoms with E-state index < -0.39 is 11.9 Å². The maximum absolute atomic E-state index is 11.3. The Kier molecular flexibility index (Phi) is 2.90. The Morgan fingerprint density at radius 2 is 2.38 bits per heavy atom. The summed E-state index contributed by atoms with van der Waals surface area (Å²) in [6.45, 7) is 4.22. The molecule has 74 valence electrons. The molecular formula is C9H14NO3-. The third kappa shape index (κ3) is 1.99. The molecule has 0 N–H and O–H groups in total. The molecule has 4 nitrogen and oxygen atoms in total.